The highest BCUT2D eigenvalue weighted by molar-refractivity contribution is 6.28. The van der Waals surface area contributed by atoms with Crippen LogP contribution in [0.2, 0.25) is 5.28 Å². The van der Waals surface area contributed by atoms with Crippen molar-refractivity contribution in [3.05, 3.63) is 41.7 Å². The van der Waals surface area contributed by atoms with Gasteiger partial charge in [-0.25, -0.2) is 14.4 Å². The van der Waals surface area contributed by atoms with Crippen molar-refractivity contribution < 1.29 is 4.39 Å². The maximum absolute atomic E-state index is 12.9. The van der Waals surface area contributed by atoms with Gasteiger partial charge >= 0.3 is 0 Å². The van der Waals surface area contributed by atoms with Gasteiger partial charge in [-0.3, -0.25) is 0 Å². The van der Waals surface area contributed by atoms with E-state index in [0.717, 1.165) is 25.2 Å². The lowest BCUT2D eigenvalue weighted by Gasteiger charge is -2.19. The Bertz CT molecular complexity index is 592. The zero-order chi connectivity index (χ0) is 13.9. The van der Waals surface area contributed by atoms with Crippen LogP contribution in [0.15, 0.2) is 30.6 Å². The van der Waals surface area contributed by atoms with E-state index in [9.17, 15) is 4.39 Å². The molecule has 0 saturated carbocycles. The molecule has 7 heteroatoms. The molecule has 20 heavy (non-hydrogen) atoms. The van der Waals surface area contributed by atoms with Gasteiger partial charge in [0.1, 0.15) is 12.1 Å². The molecule has 1 N–H and O–H groups in total. The quantitative estimate of drug-likeness (QED) is 0.941. The Kier molecular flexibility index (Phi) is 3.64. The summed E-state index contributed by atoms with van der Waals surface area (Å²) in [5.41, 5.74) is 1.02. The minimum Gasteiger partial charge on any atom is -0.369 e. The van der Waals surface area contributed by atoms with Crippen molar-refractivity contribution in [2.45, 2.75) is 12.5 Å². The summed E-state index contributed by atoms with van der Waals surface area (Å²) >= 11 is 5.72. The van der Waals surface area contributed by atoms with Crippen LogP contribution in [-0.2, 0) is 0 Å². The van der Waals surface area contributed by atoms with Crippen LogP contribution in [0.1, 0.15) is 6.42 Å². The number of aromatic nitrogens is 3. The number of anilines is 2. The summed E-state index contributed by atoms with van der Waals surface area (Å²) < 4.78 is 12.9. The molecule has 0 unspecified atom stereocenters. The second-order valence-corrected chi connectivity index (χ2v) is 4.97. The summed E-state index contributed by atoms with van der Waals surface area (Å²) in [5, 5.41) is 3.41. The van der Waals surface area contributed by atoms with Gasteiger partial charge in [0.15, 0.2) is 0 Å². The van der Waals surface area contributed by atoms with Gasteiger partial charge in [-0.1, -0.05) is 0 Å². The van der Waals surface area contributed by atoms with Crippen molar-refractivity contribution in [2.75, 3.05) is 23.3 Å². The van der Waals surface area contributed by atoms with E-state index in [-0.39, 0.29) is 17.1 Å². The number of nitrogens with one attached hydrogen (secondary N) is 1. The molecule has 1 aromatic carbocycles. The molecular weight excluding hydrogens is 281 g/mol. The lowest BCUT2D eigenvalue weighted by Crippen LogP contribution is -2.26. The molecule has 3 rings (SSSR count). The first-order valence-electron chi connectivity index (χ1n) is 6.32. The molecule has 2 heterocycles. The van der Waals surface area contributed by atoms with Gasteiger partial charge in [0.2, 0.25) is 11.2 Å². The predicted molar refractivity (Wildman–Crippen MR) is 75.5 cm³/mol. The molecule has 1 aliphatic rings. The molecule has 1 atom stereocenters. The van der Waals surface area contributed by atoms with Crippen LogP contribution in [0.4, 0.5) is 16.0 Å². The van der Waals surface area contributed by atoms with E-state index in [1.165, 1.54) is 18.5 Å². The van der Waals surface area contributed by atoms with Crippen LogP contribution in [0.5, 0.6) is 0 Å². The molecule has 0 radical (unpaired) electrons. The highest BCUT2D eigenvalue weighted by Gasteiger charge is 2.23. The van der Waals surface area contributed by atoms with Gasteiger partial charge in [0, 0.05) is 24.8 Å². The maximum Gasteiger partial charge on any atom is 0.227 e. The molecule has 5 nitrogen and oxygen atoms in total. The van der Waals surface area contributed by atoms with Crippen molar-refractivity contribution in [2.24, 2.45) is 0 Å². The van der Waals surface area contributed by atoms with E-state index in [1.807, 2.05) is 0 Å². The Hall–Kier alpha value is -1.95. The summed E-state index contributed by atoms with van der Waals surface area (Å²) in [6, 6.07) is 6.76. The first-order chi connectivity index (χ1) is 9.70. The number of hydrogen-bond acceptors (Lipinski definition) is 5. The molecule has 1 fully saturated rings. The van der Waals surface area contributed by atoms with E-state index in [0.29, 0.717) is 5.95 Å². The Labute approximate surface area is 120 Å². The highest BCUT2D eigenvalue weighted by Crippen LogP contribution is 2.22. The van der Waals surface area contributed by atoms with Crippen LogP contribution >= 0.6 is 11.6 Å². The van der Waals surface area contributed by atoms with E-state index >= 15 is 0 Å². The summed E-state index contributed by atoms with van der Waals surface area (Å²) in [6.07, 6.45) is 2.34. The summed E-state index contributed by atoms with van der Waals surface area (Å²) in [7, 11) is 0. The van der Waals surface area contributed by atoms with Crippen LogP contribution < -0.4 is 10.2 Å². The Morgan fingerprint density at radius 1 is 1.25 bits per heavy atom. The Morgan fingerprint density at radius 3 is 2.80 bits per heavy atom. The van der Waals surface area contributed by atoms with Crippen LogP contribution in [0.25, 0.3) is 0 Å². The summed E-state index contributed by atoms with van der Waals surface area (Å²) in [6.45, 7) is 1.72. The fraction of sp³-hybridized carbons (Fsp3) is 0.308. The van der Waals surface area contributed by atoms with Crippen LogP contribution in [0.3, 0.4) is 0 Å². The molecule has 1 aromatic heterocycles. The molecule has 0 amide bonds. The zero-order valence-corrected chi connectivity index (χ0v) is 11.4. The van der Waals surface area contributed by atoms with E-state index < -0.39 is 0 Å². The average molecular weight is 294 g/mol. The summed E-state index contributed by atoms with van der Waals surface area (Å²) in [5.74, 6) is 0.262. The van der Waals surface area contributed by atoms with Crippen molar-refractivity contribution in [1.82, 2.24) is 15.0 Å². The average Bonchev–Trinajstić information content (AvgIpc) is 2.88. The topological polar surface area (TPSA) is 53.9 Å². The number of halogens is 2. The first kappa shape index (κ1) is 13.1. The number of rotatable bonds is 3. The monoisotopic (exact) mass is 293 g/mol. The molecule has 0 spiro atoms. The smallest absolute Gasteiger partial charge is 0.227 e. The fourth-order valence-corrected chi connectivity index (χ4v) is 2.42. The van der Waals surface area contributed by atoms with Gasteiger partial charge < -0.3 is 10.2 Å². The van der Waals surface area contributed by atoms with Crippen LogP contribution in [0, 0.1) is 5.82 Å². The molecule has 0 bridgehead atoms. The first-order valence-corrected chi connectivity index (χ1v) is 6.70. The Morgan fingerprint density at radius 2 is 2.05 bits per heavy atom. The van der Waals surface area contributed by atoms with Gasteiger partial charge in [-0.2, -0.15) is 4.98 Å². The minimum atomic E-state index is -0.220. The molecule has 104 valence electrons. The van der Waals surface area contributed by atoms with E-state index in [2.05, 4.69) is 25.2 Å². The molecule has 1 aliphatic heterocycles. The van der Waals surface area contributed by atoms with E-state index in [1.54, 1.807) is 12.1 Å². The molecule has 2 aromatic rings. The molecule has 0 aliphatic carbocycles. The second kappa shape index (κ2) is 5.58. The third-order valence-corrected chi connectivity index (χ3v) is 3.44. The number of hydrogen-bond donors (Lipinski definition) is 1. The minimum absolute atomic E-state index is 0.177. The summed E-state index contributed by atoms with van der Waals surface area (Å²) in [4.78, 5) is 14.0. The zero-order valence-electron chi connectivity index (χ0n) is 10.6. The van der Waals surface area contributed by atoms with Gasteiger partial charge in [0.25, 0.3) is 0 Å². The third-order valence-electron chi connectivity index (χ3n) is 3.26. The van der Waals surface area contributed by atoms with Crippen LogP contribution in [-0.4, -0.2) is 34.1 Å². The third kappa shape index (κ3) is 2.96. The SMILES string of the molecule is Fc1ccc(N2CC[C@@H](Nc3ncnc(Cl)n3)C2)cc1. The number of benzene rings is 1. The van der Waals surface area contributed by atoms with Gasteiger partial charge in [-0.15, -0.1) is 0 Å². The van der Waals surface area contributed by atoms with Crippen molar-refractivity contribution in [3.8, 4) is 0 Å². The standard InChI is InChI=1S/C13H13ClFN5/c14-12-16-8-17-13(19-12)18-10-5-6-20(7-10)11-3-1-9(15)2-4-11/h1-4,8,10H,5-7H2,(H,16,17,18,19)/t10-/m1/s1. The van der Waals surface area contributed by atoms with Crippen molar-refractivity contribution in [3.63, 3.8) is 0 Å². The normalized spacial score (nSPS) is 18.3. The van der Waals surface area contributed by atoms with Crippen molar-refractivity contribution in [1.29, 1.82) is 0 Å². The lowest BCUT2D eigenvalue weighted by atomic mass is 10.3. The maximum atomic E-state index is 12.9. The van der Waals surface area contributed by atoms with E-state index in [4.69, 9.17) is 11.6 Å². The second-order valence-electron chi connectivity index (χ2n) is 4.63. The molecule has 1 saturated heterocycles. The van der Waals surface area contributed by atoms with Gasteiger partial charge in [0.05, 0.1) is 0 Å². The Balaban J connectivity index is 1.63. The van der Waals surface area contributed by atoms with Gasteiger partial charge in [-0.05, 0) is 42.3 Å². The number of nitrogens with zero attached hydrogens (tertiary/aromatic N) is 4. The highest BCUT2D eigenvalue weighted by atomic mass is 35.5. The fourth-order valence-electron chi connectivity index (χ4n) is 2.29. The largest absolute Gasteiger partial charge is 0.369 e. The molecular formula is C13H13ClFN5. The lowest BCUT2D eigenvalue weighted by molar-refractivity contribution is 0.627. The predicted octanol–water partition coefficient (Wildman–Crippen LogP) is 2.35. The van der Waals surface area contributed by atoms with Crippen molar-refractivity contribution >= 4 is 23.2 Å².